The number of nitrogens with two attached hydrogens (primary N) is 1. The molecule has 0 amide bonds. The Morgan fingerprint density at radius 2 is 1.79 bits per heavy atom. The van der Waals surface area contributed by atoms with Crippen LogP contribution in [0.4, 0.5) is 4.39 Å². The minimum atomic E-state index is -1.03. The second kappa shape index (κ2) is 7.36. The van der Waals surface area contributed by atoms with E-state index in [9.17, 15) is 0 Å². The number of halogens is 1. The standard InChI is InChI=1S/C26H23FN4O3/c1-25(2)10-16(5-6-33-25)17-8-20-23(21(27)9-17)34-22-4-3-15(18-11-29-14-30-12-18)7-19(22)26(20)13-32-24(28)31-26/h3-4,7-12,14H,5-6,13H2,1-2H3,(H2,28,31)/t26-/m0/s1. The van der Waals surface area contributed by atoms with Crippen molar-refractivity contribution in [2.24, 2.45) is 10.7 Å². The van der Waals surface area contributed by atoms with Gasteiger partial charge in [-0.2, -0.15) is 0 Å². The largest absolute Gasteiger partial charge is 0.462 e. The Labute approximate surface area is 196 Å². The molecule has 7 nitrogen and oxygen atoms in total. The zero-order valence-corrected chi connectivity index (χ0v) is 18.8. The summed E-state index contributed by atoms with van der Waals surface area (Å²) in [4.78, 5) is 12.9. The van der Waals surface area contributed by atoms with E-state index in [1.54, 1.807) is 12.4 Å². The molecule has 2 N–H and O–H groups in total. The van der Waals surface area contributed by atoms with E-state index in [2.05, 4.69) is 9.97 Å². The summed E-state index contributed by atoms with van der Waals surface area (Å²) in [5, 5.41) is 0. The molecular weight excluding hydrogens is 435 g/mol. The van der Waals surface area contributed by atoms with Crippen molar-refractivity contribution in [3.8, 4) is 22.6 Å². The summed E-state index contributed by atoms with van der Waals surface area (Å²) in [6.45, 7) is 4.70. The number of nitrogens with zero attached hydrogens (tertiary/aromatic N) is 3. The highest BCUT2D eigenvalue weighted by Crippen LogP contribution is 2.53. The second-order valence-electron chi connectivity index (χ2n) is 9.25. The van der Waals surface area contributed by atoms with E-state index in [1.807, 2.05) is 44.2 Å². The van der Waals surface area contributed by atoms with Crippen molar-refractivity contribution in [3.05, 3.63) is 77.6 Å². The van der Waals surface area contributed by atoms with Crippen molar-refractivity contribution in [1.82, 2.24) is 9.97 Å². The summed E-state index contributed by atoms with van der Waals surface area (Å²) in [5.74, 6) is 0.193. The maximum absolute atomic E-state index is 15.5. The van der Waals surface area contributed by atoms with E-state index in [0.717, 1.165) is 27.8 Å². The number of benzene rings is 2. The molecule has 4 heterocycles. The molecule has 6 rings (SSSR count). The van der Waals surface area contributed by atoms with Crippen LogP contribution in [0.25, 0.3) is 16.7 Å². The molecule has 0 unspecified atom stereocenters. The fraction of sp³-hybridized carbons (Fsp3) is 0.269. The second-order valence-corrected chi connectivity index (χ2v) is 9.25. The average molecular weight is 458 g/mol. The van der Waals surface area contributed by atoms with Gasteiger partial charge in [0.15, 0.2) is 17.1 Å². The van der Waals surface area contributed by atoms with Gasteiger partial charge in [0.25, 0.3) is 6.02 Å². The van der Waals surface area contributed by atoms with Gasteiger partial charge in [0.2, 0.25) is 0 Å². The van der Waals surface area contributed by atoms with Gasteiger partial charge in [0.1, 0.15) is 18.7 Å². The molecule has 3 aromatic rings. The van der Waals surface area contributed by atoms with Crippen LogP contribution < -0.4 is 10.5 Å². The van der Waals surface area contributed by atoms with Gasteiger partial charge >= 0.3 is 0 Å². The first kappa shape index (κ1) is 20.8. The summed E-state index contributed by atoms with van der Waals surface area (Å²) in [6.07, 6.45) is 7.68. The quantitative estimate of drug-likeness (QED) is 0.605. The van der Waals surface area contributed by atoms with Crippen LogP contribution in [0.2, 0.25) is 0 Å². The molecule has 0 fully saturated rings. The summed E-state index contributed by atoms with van der Waals surface area (Å²) < 4.78 is 33.1. The lowest BCUT2D eigenvalue weighted by Crippen LogP contribution is -2.32. The van der Waals surface area contributed by atoms with E-state index in [-0.39, 0.29) is 18.4 Å². The maximum Gasteiger partial charge on any atom is 0.283 e. The zero-order valence-electron chi connectivity index (χ0n) is 18.8. The summed E-state index contributed by atoms with van der Waals surface area (Å²) in [6, 6.07) is 9.18. The summed E-state index contributed by atoms with van der Waals surface area (Å²) in [7, 11) is 0. The first-order valence-electron chi connectivity index (χ1n) is 11.1. The Morgan fingerprint density at radius 1 is 1.00 bits per heavy atom. The van der Waals surface area contributed by atoms with Crippen LogP contribution in [0.1, 0.15) is 37.0 Å². The van der Waals surface area contributed by atoms with E-state index in [1.165, 1.54) is 12.4 Å². The van der Waals surface area contributed by atoms with Crippen molar-refractivity contribution in [3.63, 3.8) is 0 Å². The molecule has 2 aromatic carbocycles. The molecule has 172 valence electrons. The van der Waals surface area contributed by atoms with Gasteiger partial charge in [-0.25, -0.2) is 19.4 Å². The Balaban J connectivity index is 1.56. The number of fused-ring (bicyclic) bond motifs is 4. The molecule has 3 aliphatic heterocycles. The van der Waals surface area contributed by atoms with Crippen LogP contribution in [0, 0.1) is 5.82 Å². The highest BCUT2D eigenvalue weighted by Gasteiger charge is 2.48. The topological polar surface area (TPSA) is 91.9 Å². The maximum atomic E-state index is 15.5. The molecule has 0 bridgehead atoms. The fourth-order valence-corrected chi connectivity index (χ4v) is 4.91. The number of hydrogen-bond donors (Lipinski definition) is 1. The zero-order chi connectivity index (χ0) is 23.5. The van der Waals surface area contributed by atoms with Crippen LogP contribution in [0.5, 0.6) is 11.5 Å². The molecule has 1 atom stereocenters. The minimum absolute atomic E-state index is 0.0597. The molecule has 0 saturated heterocycles. The average Bonchev–Trinajstić information content (AvgIpc) is 3.22. The monoisotopic (exact) mass is 458 g/mol. The molecule has 1 spiro atoms. The number of ether oxygens (including phenoxy) is 3. The lowest BCUT2D eigenvalue weighted by molar-refractivity contribution is 0.0165. The van der Waals surface area contributed by atoms with E-state index >= 15 is 4.39 Å². The third kappa shape index (κ3) is 3.25. The molecular formula is C26H23FN4O3. The van der Waals surface area contributed by atoms with E-state index < -0.39 is 17.0 Å². The highest BCUT2D eigenvalue weighted by molar-refractivity contribution is 5.79. The minimum Gasteiger partial charge on any atom is -0.462 e. The Bertz CT molecular complexity index is 1370. The Kier molecular flexibility index (Phi) is 4.50. The summed E-state index contributed by atoms with van der Waals surface area (Å²) in [5.41, 5.74) is 9.40. The molecule has 34 heavy (non-hydrogen) atoms. The van der Waals surface area contributed by atoms with Gasteiger partial charge in [0.05, 0.1) is 12.2 Å². The van der Waals surface area contributed by atoms with Crippen LogP contribution >= 0.6 is 0 Å². The predicted molar refractivity (Wildman–Crippen MR) is 125 cm³/mol. The Morgan fingerprint density at radius 3 is 2.53 bits per heavy atom. The van der Waals surface area contributed by atoms with Crippen LogP contribution in [0.15, 0.2) is 60.1 Å². The van der Waals surface area contributed by atoms with Gasteiger partial charge in [-0.15, -0.1) is 0 Å². The third-order valence-electron chi connectivity index (χ3n) is 6.49. The highest BCUT2D eigenvalue weighted by atomic mass is 19.1. The third-order valence-corrected chi connectivity index (χ3v) is 6.49. The lowest BCUT2D eigenvalue weighted by Gasteiger charge is -2.35. The fourth-order valence-electron chi connectivity index (χ4n) is 4.91. The van der Waals surface area contributed by atoms with Gasteiger partial charge in [-0.05, 0) is 67.3 Å². The molecule has 0 radical (unpaired) electrons. The smallest absolute Gasteiger partial charge is 0.283 e. The first-order valence-corrected chi connectivity index (χ1v) is 11.1. The van der Waals surface area contributed by atoms with E-state index in [0.29, 0.717) is 24.3 Å². The SMILES string of the molecule is CC1(C)C=C(c2cc(F)c3c(c2)[C@]2(COC(N)=N2)c2cc(-c4cncnc4)ccc2O3)CCO1. The Hall–Kier alpha value is -3.78. The van der Waals surface area contributed by atoms with Crippen LogP contribution in [-0.4, -0.2) is 34.8 Å². The van der Waals surface area contributed by atoms with Crippen molar-refractivity contribution < 1.29 is 18.6 Å². The van der Waals surface area contributed by atoms with Gasteiger partial charge in [0, 0.05) is 29.1 Å². The molecule has 0 aliphatic carbocycles. The van der Waals surface area contributed by atoms with Gasteiger partial charge in [-0.1, -0.05) is 6.07 Å². The van der Waals surface area contributed by atoms with E-state index in [4.69, 9.17) is 24.9 Å². The number of hydrogen-bond acceptors (Lipinski definition) is 7. The summed E-state index contributed by atoms with van der Waals surface area (Å²) >= 11 is 0. The molecule has 3 aliphatic rings. The number of rotatable bonds is 2. The molecule has 0 saturated carbocycles. The number of aliphatic imine (C=N–C) groups is 1. The normalized spacial score (nSPS) is 22.2. The molecule has 1 aromatic heterocycles. The number of amidine groups is 1. The van der Waals surface area contributed by atoms with Crippen molar-refractivity contribution in [2.45, 2.75) is 31.4 Å². The molecule has 8 heteroatoms. The van der Waals surface area contributed by atoms with Crippen LogP contribution in [0.3, 0.4) is 0 Å². The predicted octanol–water partition coefficient (Wildman–Crippen LogP) is 4.56. The van der Waals surface area contributed by atoms with Crippen LogP contribution in [-0.2, 0) is 15.0 Å². The lowest BCUT2D eigenvalue weighted by atomic mass is 9.79. The van der Waals surface area contributed by atoms with Crippen molar-refractivity contribution in [1.29, 1.82) is 0 Å². The van der Waals surface area contributed by atoms with Crippen molar-refractivity contribution >= 4 is 11.6 Å². The van der Waals surface area contributed by atoms with Gasteiger partial charge in [-0.3, -0.25) is 0 Å². The number of aromatic nitrogens is 2. The first-order chi connectivity index (χ1) is 16.3. The van der Waals surface area contributed by atoms with Crippen molar-refractivity contribution in [2.75, 3.05) is 13.2 Å². The van der Waals surface area contributed by atoms with Gasteiger partial charge < -0.3 is 19.9 Å².